The second-order valence-corrected chi connectivity index (χ2v) is 21.9. The van der Waals surface area contributed by atoms with Gasteiger partial charge in [-0.2, -0.15) is 0 Å². The highest BCUT2D eigenvalue weighted by atomic mass is 28.3. The maximum absolute atomic E-state index is 2.55. The van der Waals surface area contributed by atoms with Crippen LogP contribution >= 0.6 is 0 Å². The van der Waals surface area contributed by atoms with Gasteiger partial charge in [-0.15, -0.1) is 0 Å². The van der Waals surface area contributed by atoms with E-state index < -0.39 is 8.07 Å². The van der Waals surface area contributed by atoms with Gasteiger partial charge < -0.3 is 4.90 Å². The summed E-state index contributed by atoms with van der Waals surface area (Å²) in [4.78, 5) is 2.49. The molecule has 2 heterocycles. The molecular weight excluding hydrogens is 715 g/mol. The van der Waals surface area contributed by atoms with E-state index in [1.165, 1.54) is 124 Å². The highest BCUT2D eigenvalue weighted by Gasteiger charge is 2.46. The van der Waals surface area contributed by atoms with Crippen LogP contribution in [0.2, 0.25) is 12.1 Å². The van der Waals surface area contributed by atoms with Crippen LogP contribution in [-0.2, 0) is 5.41 Å². The topological polar surface area (TPSA) is 3.24 Å². The Bertz CT molecular complexity index is 3180. The molecule has 0 N–H and O–H groups in total. The Morgan fingerprint density at radius 1 is 0.431 bits per heavy atom. The Morgan fingerprint density at radius 3 is 1.86 bits per heavy atom. The molecule has 1 saturated heterocycles. The van der Waals surface area contributed by atoms with Gasteiger partial charge in [0, 0.05) is 23.8 Å². The monoisotopic (exact) mass is 759 g/mol. The van der Waals surface area contributed by atoms with E-state index in [4.69, 9.17) is 0 Å². The zero-order valence-corrected chi connectivity index (χ0v) is 34.4. The van der Waals surface area contributed by atoms with Crippen molar-refractivity contribution >= 4 is 62.1 Å². The summed E-state index contributed by atoms with van der Waals surface area (Å²) in [5.74, 6) is 0. The normalized spacial score (nSPS) is 15.8. The van der Waals surface area contributed by atoms with Gasteiger partial charge in [-0.3, -0.25) is 0 Å². The number of hydrogen-bond acceptors (Lipinski definition) is 1. The molecule has 0 atom stereocenters. The van der Waals surface area contributed by atoms with E-state index in [-0.39, 0.29) is 5.41 Å². The van der Waals surface area contributed by atoms with Crippen molar-refractivity contribution in [1.29, 1.82) is 0 Å². The van der Waals surface area contributed by atoms with E-state index in [0.29, 0.717) is 0 Å². The molecule has 3 aliphatic rings. The molecule has 9 aromatic carbocycles. The van der Waals surface area contributed by atoms with Crippen LogP contribution in [0.3, 0.4) is 0 Å². The third-order valence-corrected chi connectivity index (χ3v) is 19.7. The largest absolute Gasteiger partial charge is 0.345 e. The van der Waals surface area contributed by atoms with Gasteiger partial charge in [0.05, 0.1) is 0 Å². The molecule has 1 nitrogen and oxygen atoms in total. The second kappa shape index (κ2) is 12.4. The molecule has 12 rings (SSSR count). The first-order chi connectivity index (χ1) is 28.4. The number of anilines is 2. The molecule has 1 aliphatic carbocycles. The third-order valence-electron chi connectivity index (χ3n) is 14.4. The molecule has 2 aliphatic heterocycles. The summed E-state index contributed by atoms with van der Waals surface area (Å²) in [5, 5.41) is 11.0. The second-order valence-electron chi connectivity index (χ2n) is 17.6. The molecule has 9 aromatic rings. The number of para-hydroxylation sites is 1. The van der Waals surface area contributed by atoms with Crippen molar-refractivity contribution in [2.45, 2.75) is 44.2 Å². The Labute approximate surface area is 342 Å². The van der Waals surface area contributed by atoms with Crippen molar-refractivity contribution in [2.24, 2.45) is 0 Å². The van der Waals surface area contributed by atoms with Gasteiger partial charge in [0.25, 0.3) is 0 Å². The first kappa shape index (κ1) is 33.9. The van der Waals surface area contributed by atoms with Gasteiger partial charge in [0.1, 0.15) is 8.07 Å². The van der Waals surface area contributed by atoms with Gasteiger partial charge in [0.2, 0.25) is 0 Å². The fraction of sp³-hybridized carbons (Fsp3) is 0.143. The Balaban J connectivity index is 1.15. The van der Waals surface area contributed by atoms with E-state index in [2.05, 4.69) is 196 Å². The van der Waals surface area contributed by atoms with Crippen LogP contribution in [0.15, 0.2) is 170 Å². The zero-order chi connectivity index (χ0) is 38.8. The number of fused-ring (bicyclic) bond motifs is 10. The van der Waals surface area contributed by atoms with Gasteiger partial charge in [0.15, 0.2) is 0 Å². The lowest BCUT2D eigenvalue weighted by Crippen LogP contribution is -2.61. The van der Waals surface area contributed by atoms with Crippen molar-refractivity contribution in [2.75, 3.05) is 11.9 Å². The summed E-state index contributed by atoms with van der Waals surface area (Å²) in [7, 11) is 0.453. The number of benzene rings is 9. The maximum atomic E-state index is 2.55. The lowest BCUT2D eigenvalue weighted by atomic mass is 9.80. The lowest BCUT2D eigenvalue weighted by Gasteiger charge is -2.41. The van der Waals surface area contributed by atoms with Crippen molar-refractivity contribution in [3.63, 3.8) is 0 Å². The van der Waals surface area contributed by atoms with E-state index in [0.717, 1.165) is 0 Å². The molecule has 0 radical (unpaired) electrons. The molecular formula is C56H45NSi. The van der Waals surface area contributed by atoms with Crippen LogP contribution in [0.5, 0.6) is 0 Å². The molecule has 278 valence electrons. The predicted octanol–water partition coefficient (Wildman–Crippen LogP) is 13.9. The van der Waals surface area contributed by atoms with Crippen molar-refractivity contribution in [1.82, 2.24) is 0 Å². The van der Waals surface area contributed by atoms with E-state index >= 15 is 0 Å². The van der Waals surface area contributed by atoms with Crippen molar-refractivity contribution in [3.05, 3.63) is 181 Å². The third kappa shape index (κ3) is 4.64. The minimum absolute atomic E-state index is 0.0879. The molecule has 0 amide bonds. The summed E-state index contributed by atoms with van der Waals surface area (Å²) in [6.45, 7) is 4.78. The minimum atomic E-state index is -1.84. The Morgan fingerprint density at radius 2 is 1.02 bits per heavy atom. The molecule has 58 heavy (non-hydrogen) atoms. The highest BCUT2D eigenvalue weighted by Crippen LogP contribution is 2.52. The van der Waals surface area contributed by atoms with Crippen LogP contribution in [-0.4, -0.2) is 15.1 Å². The summed E-state index contributed by atoms with van der Waals surface area (Å²) >= 11 is 0. The lowest BCUT2D eigenvalue weighted by molar-refractivity contribution is 0.660. The van der Waals surface area contributed by atoms with Crippen LogP contribution in [0.25, 0.3) is 76.8 Å². The number of hydrogen-bond donors (Lipinski definition) is 0. The quantitative estimate of drug-likeness (QED) is 0.128. The van der Waals surface area contributed by atoms with Crippen LogP contribution in [0, 0.1) is 0 Å². The zero-order valence-electron chi connectivity index (χ0n) is 33.4. The van der Waals surface area contributed by atoms with Gasteiger partial charge in [-0.1, -0.05) is 172 Å². The van der Waals surface area contributed by atoms with E-state index in [1.807, 2.05) is 0 Å². The predicted molar refractivity (Wildman–Crippen MR) is 251 cm³/mol. The van der Waals surface area contributed by atoms with Gasteiger partial charge >= 0.3 is 0 Å². The molecule has 0 bridgehead atoms. The van der Waals surface area contributed by atoms with E-state index in [1.54, 1.807) is 10.4 Å². The fourth-order valence-electron chi connectivity index (χ4n) is 11.6. The highest BCUT2D eigenvalue weighted by molar-refractivity contribution is 7.04. The first-order valence-electron chi connectivity index (χ1n) is 21.1. The Kier molecular flexibility index (Phi) is 7.24. The molecule has 0 saturated carbocycles. The SMILES string of the molecule is CN1c2ccccc2[Si]2(CCCC2)c2ccc(-c3c4ccccc4c(-c4ccc5c(c4)C(C)(C)c4ccccc4-5)c4cc(-c5cccc6ccccc56)ccc34)cc21. The maximum Gasteiger partial charge on any atom is 0.123 e. The minimum Gasteiger partial charge on any atom is -0.345 e. The standard InChI is InChI=1S/C56H45NSi/c1-56(2)48-22-9-8-18-42(48)43-28-26-38(34-49(43)56)55-45-20-7-6-19-44(45)54(46-29-25-37(33-47(46)55)41-21-14-16-36-15-4-5-17-40(36)41)39-27-30-53-51(35-39)57(3)50-23-10-11-24-52(50)58(53)31-12-13-32-58/h4-11,14-30,33-35H,12-13,31-32H2,1-3H3. The molecule has 2 heteroatoms. The van der Waals surface area contributed by atoms with E-state index in [9.17, 15) is 0 Å². The number of nitrogens with zero attached hydrogens (tertiary/aromatic N) is 1. The fourth-order valence-corrected chi connectivity index (χ4v) is 17.3. The molecule has 0 aromatic heterocycles. The van der Waals surface area contributed by atoms with Gasteiger partial charge in [-0.25, -0.2) is 0 Å². The average molecular weight is 760 g/mol. The first-order valence-corrected chi connectivity index (χ1v) is 23.5. The molecule has 1 spiro atoms. The number of rotatable bonds is 3. The van der Waals surface area contributed by atoms with Crippen molar-refractivity contribution < 1.29 is 0 Å². The van der Waals surface area contributed by atoms with Gasteiger partial charge in [-0.05, 0) is 135 Å². The van der Waals surface area contributed by atoms with Crippen LogP contribution in [0.4, 0.5) is 11.4 Å². The summed E-state index contributed by atoms with van der Waals surface area (Å²) < 4.78 is 0. The summed E-state index contributed by atoms with van der Waals surface area (Å²) in [6.07, 6.45) is 2.68. The Hall–Kier alpha value is -6.22. The summed E-state index contributed by atoms with van der Waals surface area (Å²) in [6, 6.07) is 67.9. The average Bonchev–Trinajstić information content (AvgIpc) is 3.85. The van der Waals surface area contributed by atoms with Crippen LogP contribution < -0.4 is 15.3 Å². The molecule has 1 fully saturated rings. The summed E-state index contributed by atoms with van der Waals surface area (Å²) in [5.41, 5.74) is 16.0. The smallest absolute Gasteiger partial charge is 0.123 e. The van der Waals surface area contributed by atoms with Crippen LogP contribution in [0.1, 0.15) is 37.8 Å². The molecule has 0 unspecified atom stereocenters. The van der Waals surface area contributed by atoms with Crippen molar-refractivity contribution in [3.8, 4) is 44.5 Å².